The highest BCUT2D eigenvalue weighted by molar-refractivity contribution is 6.11. The maximum Gasteiger partial charge on any atom is 0.420 e. The lowest BCUT2D eigenvalue weighted by Gasteiger charge is -2.27. The summed E-state index contributed by atoms with van der Waals surface area (Å²) in [6.45, 7) is 4.04. The van der Waals surface area contributed by atoms with Crippen LogP contribution in [0.25, 0.3) is 5.57 Å². The van der Waals surface area contributed by atoms with Gasteiger partial charge in [-0.15, -0.1) is 0 Å². The van der Waals surface area contributed by atoms with Gasteiger partial charge >= 0.3 is 18.4 Å². The summed E-state index contributed by atoms with van der Waals surface area (Å²) in [6.07, 6.45) is -10.9. The Labute approximate surface area is 231 Å². The van der Waals surface area contributed by atoms with Gasteiger partial charge in [-0.1, -0.05) is 0 Å². The van der Waals surface area contributed by atoms with E-state index in [-0.39, 0.29) is 30.4 Å². The second kappa shape index (κ2) is 12.9. The normalized spacial score (nSPS) is 17.0. The predicted octanol–water partition coefficient (Wildman–Crippen LogP) is 6.69. The molecular weight excluding hydrogens is 564 g/mol. The van der Waals surface area contributed by atoms with E-state index in [9.17, 15) is 39.9 Å². The fourth-order valence-electron chi connectivity index (χ4n) is 4.23. The Morgan fingerprint density at radius 2 is 1.80 bits per heavy atom. The van der Waals surface area contributed by atoms with Gasteiger partial charge < -0.3 is 10.5 Å². The SMILES string of the molecule is CC(C)N(C(=O)Oc1c(/C(C=NCCN2CCC(F)C2)=C/N)cc(C(F)(F)F)cc1C(F)(F)F)c1ccc(F)cc1. The van der Waals surface area contributed by atoms with E-state index in [1.54, 1.807) is 4.90 Å². The number of likely N-dealkylation sites (tertiary alicyclic amines) is 1. The first-order valence-corrected chi connectivity index (χ1v) is 12.5. The fourth-order valence-corrected chi connectivity index (χ4v) is 4.23. The van der Waals surface area contributed by atoms with Crippen LogP contribution in [0.3, 0.4) is 0 Å². The molecule has 14 heteroatoms. The third kappa shape index (κ3) is 8.18. The number of anilines is 1. The number of allylic oxidation sites excluding steroid dienone is 1. The molecule has 3 rings (SSSR count). The first-order chi connectivity index (χ1) is 19.1. The lowest BCUT2D eigenvalue weighted by molar-refractivity contribution is -0.143. The maximum atomic E-state index is 14.1. The highest BCUT2D eigenvalue weighted by atomic mass is 19.4. The number of benzene rings is 2. The van der Waals surface area contributed by atoms with Gasteiger partial charge in [0.15, 0.2) is 5.75 Å². The Balaban J connectivity index is 2.07. The van der Waals surface area contributed by atoms with Crippen LogP contribution in [-0.2, 0) is 12.4 Å². The van der Waals surface area contributed by atoms with E-state index in [1.807, 2.05) is 0 Å². The van der Waals surface area contributed by atoms with Crippen LogP contribution in [0.15, 0.2) is 47.6 Å². The summed E-state index contributed by atoms with van der Waals surface area (Å²) in [5, 5.41) is 0. The van der Waals surface area contributed by atoms with Crippen molar-refractivity contribution in [2.45, 2.75) is 44.8 Å². The summed E-state index contributed by atoms with van der Waals surface area (Å²) in [5.41, 5.74) is 0.989. The predicted molar refractivity (Wildman–Crippen MR) is 138 cm³/mol. The summed E-state index contributed by atoms with van der Waals surface area (Å²) >= 11 is 0. The van der Waals surface area contributed by atoms with Gasteiger partial charge in [0.2, 0.25) is 0 Å². The van der Waals surface area contributed by atoms with E-state index >= 15 is 0 Å². The number of ether oxygens (including phenoxy) is 1. The Bertz CT molecular complexity index is 1270. The van der Waals surface area contributed by atoms with Crippen LogP contribution in [0.5, 0.6) is 5.75 Å². The number of halogens is 8. The molecule has 1 unspecified atom stereocenters. The summed E-state index contributed by atoms with van der Waals surface area (Å²) in [6, 6.07) is 3.94. The summed E-state index contributed by atoms with van der Waals surface area (Å²) < 4.78 is 115. The number of hydrogen-bond acceptors (Lipinski definition) is 5. The molecule has 0 aromatic heterocycles. The summed E-state index contributed by atoms with van der Waals surface area (Å²) in [4.78, 5) is 19.9. The molecule has 1 amide bonds. The van der Waals surface area contributed by atoms with E-state index in [2.05, 4.69) is 4.99 Å². The number of amides is 1. The molecule has 1 heterocycles. The van der Waals surface area contributed by atoms with E-state index in [0.29, 0.717) is 25.6 Å². The molecule has 2 N–H and O–H groups in total. The van der Waals surface area contributed by atoms with E-state index in [0.717, 1.165) is 29.4 Å². The van der Waals surface area contributed by atoms with Crippen molar-refractivity contribution >= 4 is 23.6 Å². The average Bonchev–Trinajstić information content (AvgIpc) is 3.29. The highest BCUT2D eigenvalue weighted by Gasteiger charge is 2.42. The van der Waals surface area contributed by atoms with Crippen LogP contribution in [-0.4, -0.2) is 55.6 Å². The number of alkyl halides is 7. The third-order valence-electron chi connectivity index (χ3n) is 6.21. The zero-order valence-corrected chi connectivity index (χ0v) is 22.1. The van der Waals surface area contributed by atoms with Crippen LogP contribution in [0, 0.1) is 5.82 Å². The monoisotopic (exact) mass is 592 g/mol. The minimum absolute atomic E-state index is 0.0516. The molecule has 0 bridgehead atoms. The van der Waals surface area contributed by atoms with Gasteiger partial charge in [0.25, 0.3) is 0 Å². The third-order valence-corrected chi connectivity index (χ3v) is 6.21. The van der Waals surface area contributed by atoms with Crippen molar-refractivity contribution in [3.8, 4) is 5.75 Å². The molecule has 224 valence electrons. The summed E-state index contributed by atoms with van der Waals surface area (Å²) in [5.74, 6) is -1.85. The van der Waals surface area contributed by atoms with E-state index in [1.165, 1.54) is 26.0 Å². The van der Waals surface area contributed by atoms with Gasteiger partial charge in [0.05, 0.1) is 17.7 Å². The number of carbonyl (C=O) groups is 1. The zero-order chi connectivity index (χ0) is 30.5. The van der Waals surface area contributed by atoms with Gasteiger partial charge in [0, 0.05) is 54.9 Å². The van der Waals surface area contributed by atoms with Gasteiger partial charge in [-0.25, -0.2) is 13.6 Å². The number of nitrogens with two attached hydrogens (primary N) is 1. The van der Waals surface area contributed by atoms with Gasteiger partial charge in [-0.2, -0.15) is 26.3 Å². The quantitative estimate of drug-likeness (QED) is 0.274. The van der Waals surface area contributed by atoms with Crippen LogP contribution in [0.2, 0.25) is 0 Å². The van der Waals surface area contributed by atoms with Crippen molar-refractivity contribution in [3.63, 3.8) is 0 Å². The molecule has 2 aromatic carbocycles. The molecule has 0 radical (unpaired) electrons. The number of rotatable bonds is 8. The molecule has 1 aliphatic rings. The van der Waals surface area contributed by atoms with Crippen LogP contribution in [0.1, 0.15) is 37.0 Å². The van der Waals surface area contributed by atoms with Crippen LogP contribution < -0.4 is 15.4 Å². The lowest BCUT2D eigenvalue weighted by Crippen LogP contribution is -2.39. The van der Waals surface area contributed by atoms with Crippen molar-refractivity contribution in [1.29, 1.82) is 0 Å². The van der Waals surface area contributed by atoms with Crippen LogP contribution >= 0.6 is 0 Å². The van der Waals surface area contributed by atoms with Crippen molar-refractivity contribution < 1.29 is 44.7 Å². The molecule has 2 aromatic rings. The van der Waals surface area contributed by atoms with Gasteiger partial charge in [0.1, 0.15) is 12.0 Å². The number of hydrogen-bond donors (Lipinski definition) is 1. The number of carbonyl (C=O) groups excluding carboxylic acids is 1. The molecule has 41 heavy (non-hydrogen) atoms. The molecule has 1 atom stereocenters. The first-order valence-electron chi connectivity index (χ1n) is 12.5. The van der Waals surface area contributed by atoms with Gasteiger partial charge in [-0.3, -0.25) is 14.8 Å². The average molecular weight is 593 g/mol. The van der Waals surface area contributed by atoms with E-state index in [4.69, 9.17) is 10.5 Å². The van der Waals surface area contributed by atoms with Crippen molar-refractivity contribution in [2.24, 2.45) is 10.7 Å². The molecule has 1 saturated heterocycles. The molecule has 6 nitrogen and oxygen atoms in total. The standard InChI is InChI=1S/C27H28F8N4O2/c1-16(2)39(21-5-3-19(28)4-6-21)25(40)41-24-22(11-18(26(30,31)32)12-23(24)27(33,34)35)17(13-36)14-37-8-10-38-9-7-20(29)15-38/h3-6,11-14,16,20H,7-10,15,36H2,1-2H3/b17-13+,37-14?. The summed E-state index contributed by atoms with van der Waals surface area (Å²) in [7, 11) is 0. The number of nitrogens with zero attached hydrogens (tertiary/aromatic N) is 3. The van der Waals surface area contributed by atoms with Crippen molar-refractivity contribution in [1.82, 2.24) is 4.90 Å². The fraction of sp³-hybridized carbons (Fsp3) is 0.407. The molecular formula is C27H28F8N4O2. The molecule has 1 fully saturated rings. The Morgan fingerprint density at radius 3 is 2.32 bits per heavy atom. The molecule has 0 spiro atoms. The Kier molecular flexibility index (Phi) is 10.0. The smallest absolute Gasteiger partial charge is 0.409 e. The lowest BCUT2D eigenvalue weighted by atomic mass is 9.98. The van der Waals surface area contributed by atoms with Crippen molar-refractivity contribution in [2.75, 3.05) is 31.1 Å². The number of aliphatic imine (C=N–C) groups is 1. The minimum Gasteiger partial charge on any atom is -0.409 e. The first kappa shape index (κ1) is 31.8. The molecule has 0 saturated carbocycles. The Morgan fingerprint density at radius 1 is 1.15 bits per heavy atom. The maximum absolute atomic E-state index is 14.1. The minimum atomic E-state index is -5.38. The topological polar surface area (TPSA) is 71.2 Å². The molecule has 0 aliphatic carbocycles. The highest BCUT2D eigenvalue weighted by Crippen LogP contribution is 2.44. The molecule has 1 aliphatic heterocycles. The Hall–Kier alpha value is -3.68. The zero-order valence-electron chi connectivity index (χ0n) is 22.1. The second-order valence-electron chi connectivity index (χ2n) is 9.55. The second-order valence-corrected chi connectivity index (χ2v) is 9.55. The van der Waals surface area contributed by atoms with Crippen LogP contribution in [0.4, 0.5) is 45.6 Å². The van der Waals surface area contributed by atoms with Crippen molar-refractivity contribution in [3.05, 3.63) is 65.1 Å². The van der Waals surface area contributed by atoms with E-state index < -0.39 is 58.9 Å². The largest absolute Gasteiger partial charge is 0.420 e. The van der Waals surface area contributed by atoms with Gasteiger partial charge in [-0.05, 0) is 56.7 Å².